The van der Waals surface area contributed by atoms with Gasteiger partial charge in [-0.25, -0.2) is 4.39 Å². The zero-order valence-electron chi connectivity index (χ0n) is 6.68. The maximum absolute atomic E-state index is 13.2. The normalized spacial score (nSPS) is 8.77. The lowest BCUT2D eigenvalue weighted by Gasteiger charge is -1.95. The van der Waals surface area contributed by atoms with Gasteiger partial charge in [-0.2, -0.15) is 0 Å². The quantitative estimate of drug-likeness (QED) is 0.419. The van der Waals surface area contributed by atoms with Gasteiger partial charge >= 0.3 is 0 Å². The molecule has 0 spiro atoms. The molecule has 0 saturated carbocycles. The van der Waals surface area contributed by atoms with Crippen LogP contribution in [0.25, 0.3) is 0 Å². The van der Waals surface area contributed by atoms with Crippen molar-refractivity contribution in [2.45, 2.75) is 0 Å². The van der Waals surface area contributed by atoms with Crippen LogP contribution in [0.2, 0.25) is 0 Å². The van der Waals surface area contributed by atoms with Gasteiger partial charge in [-0.05, 0) is 12.1 Å². The van der Waals surface area contributed by atoms with Crippen molar-refractivity contribution in [1.29, 1.82) is 0 Å². The van der Waals surface area contributed by atoms with Gasteiger partial charge in [0.05, 0.1) is 16.5 Å². The van der Waals surface area contributed by atoms with E-state index in [-0.39, 0.29) is 11.1 Å². The van der Waals surface area contributed by atoms with E-state index in [1.807, 2.05) is 0 Å². The van der Waals surface area contributed by atoms with Crippen LogP contribution in [0.15, 0.2) is 18.2 Å². The highest BCUT2D eigenvalue weighted by molar-refractivity contribution is 9.09. The largest absolute Gasteiger partial charge is 0.298 e. The van der Waals surface area contributed by atoms with Gasteiger partial charge < -0.3 is 0 Å². The van der Waals surface area contributed by atoms with Crippen molar-refractivity contribution in [3.05, 3.63) is 35.1 Å². The van der Waals surface area contributed by atoms with Crippen LogP contribution < -0.4 is 0 Å². The van der Waals surface area contributed by atoms with E-state index in [9.17, 15) is 9.18 Å². The molecule has 13 heavy (non-hydrogen) atoms. The minimum atomic E-state index is -0.550. The first-order chi connectivity index (χ1) is 6.29. The van der Waals surface area contributed by atoms with Crippen molar-refractivity contribution >= 4 is 22.2 Å². The second kappa shape index (κ2) is 4.78. The number of carbonyl (C=O) groups is 1. The molecule has 0 aromatic heterocycles. The van der Waals surface area contributed by atoms with Crippen LogP contribution in [-0.4, -0.2) is 11.6 Å². The molecular formula is C10H6BrFO. The molecule has 1 nitrogen and oxygen atoms in total. The summed E-state index contributed by atoms with van der Waals surface area (Å²) in [5, 5.41) is 0.484. The zero-order chi connectivity index (χ0) is 9.68. The summed E-state index contributed by atoms with van der Waals surface area (Å²) in [5.41, 5.74) is 0.297. The van der Waals surface area contributed by atoms with E-state index in [0.717, 1.165) is 0 Å². The molecule has 0 radical (unpaired) electrons. The molecule has 0 aliphatic carbocycles. The molecule has 0 saturated heterocycles. The Hall–Kier alpha value is -1.14. The van der Waals surface area contributed by atoms with Gasteiger partial charge in [0.25, 0.3) is 0 Å². The molecule has 3 heteroatoms. The first-order valence-corrected chi connectivity index (χ1v) is 4.70. The maximum atomic E-state index is 13.2. The van der Waals surface area contributed by atoms with Gasteiger partial charge in [-0.1, -0.05) is 33.8 Å². The minimum Gasteiger partial charge on any atom is -0.298 e. The Bertz CT molecular complexity index is 376. The van der Waals surface area contributed by atoms with Crippen LogP contribution in [0.1, 0.15) is 15.9 Å². The van der Waals surface area contributed by atoms with Crippen LogP contribution >= 0.6 is 15.9 Å². The smallest absolute Gasteiger partial charge is 0.153 e. The number of rotatable bonds is 1. The summed E-state index contributed by atoms with van der Waals surface area (Å²) in [6.07, 6.45) is 0.481. The van der Waals surface area contributed by atoms with Crippen LogP contribution in [0.3, 0.4) is 0 Å². The van der Waals surface area contributed by atoms with Gasteiger partial charge in [-0.3, -0.25) is 4.79 Å². The summed E-state index contributed by atoms with van der Waals surface area (Å²) >= 11 is 3.10. The number of carbonyl (C=O) groups excluding carboxylic acids is 1. The lowest BCUT2D eigenvalue weighted by Crippen LogP contribution is -1.91. The van der Waals surface area contributed by atoms with Gasteiger partial charge in [-0.15, -0.1) is 0 Å². The average molecular weight is 241 g/mol. The van der Waals surface area contributed by atoms with Crippen LogP contribution in [0.5, 0.6) is 0 Å². The Balaban J connectivity index is 3.15. The van der Waals surface area contributed by atoms with Gasteiger partial charge in [0.1, 0.15) is 5.82 Å². The number of benzene rings is 1. The number of hydrogen-bond acceptors (Lipinski definition) is 1. The summed E-state index contributed by atoms with van der Waals surface area (Å²) in [6.45, 7) is 0. The third kappa shape index (κ3) is 2.40. The predicted octanol–water partition coefficient (Wildman–Crippen LogP) is 2.38. The second-order valence-corrected chi connectivity index (χ2v) is 2.82. The molecule has 0 fully saturated rings. The fraction of sp³-hybridized carbons (Fsp3) is 0.100. The zero-order valence-corrected chi connectivity index (χ0v) is 8.27. The molecule has 0 aliphatic heterocycles. The van der Waals surface area contributed by atoms with E-state index in [2.05, 4.69) is 27.8 Å². The van der Waals surface area contributed by atoms with E-state index in [1.54, 1.807) is 6.07 Å². The fourth-order valence-corrected chi connectivity index (χ4v) is 1.01. The average Bonchev–Trinajstić information content (AvgIpc) is 2.16. The summed E-state index contributed by atoms with van der Waals surface area (Å²) < 4.78 is 13.2. The minimum absolute atomic E-state index is 0.0429. The highest BCUT2D eigenvalue weighted by Crippen LogP contribution is 2.09. The predicted molar refractivity (Wildman–Crippen MR) is 52.5 cm³/mol. The lowest BCUT2D eigenvalue weighted by molar-refractivity contribution is 0.112. The van der Waals surface area contributed by atoms with Gasteiger partial charge in [0.2, 0.25) is 0 Å². The van der Waals surface area contributed by atoms with Crippen molar-refractivity contribution in [2.75, 3.05) is 5.33 Å². The third-order valence-corrected chi connectivity index (χ3v) is 1.73. The fourth-order valence-electron chi connectivity index (χ4n) is 0.866. The molecule has 1 aromatic carbocycles. The Morgan fingerprint density at radius 3 is 2.92 bits per heavy atom. The molecule has 0 N–H and O–H groups in total. The molecule has 0 atom stereocenters. The van der Waals surface area contributed by atoms with Crippen molar-refractivity contribution < 1.29 is 9.18 Å². The Morgan fingerprint density at radius 2 is 2.31 bits per heavy atom. The highest BCUT2D eigenvalue weighted by Gasteiger charge is 2.03. The number of halogens is 2. The lowest BCUT2D eigenvalue weighted by atomic mass is 10.1. The SMILES string of the molecule is O=Cc1cccc(C#CCBr)c1F. The Kier molecular flexibility index (Phi) is 3.66. The first-order valence-electron chi connectivity index (χ1n) is 3.58. The molecule has 66 valence electrons. The molecule has 0 unspecified atom stereocenters. The number of aldehydes is 1. The van der Waals surface area contributed by atoms with E-state index in [4.69, 9.17) is 0 Å². The monoisotopic (exact) mass is 240 g/mol. The number of hydrogen-bond donors (Lipinski definition) is 0. The summed E-state index contributed by atoms with van der Waals surface area (Å²) in [5.74, 6) is 4.72. The van der Waals surface area contributed by atoms with Crippen molar-refractivity contribution in [3.63, 3.8) is 0 Å². The second-order valence-electron chi connectivity index (χ2n) is 2.26. The summed E-state index contributed by atoms with van der Waals surface area (Å²) in [4.78, 5) is 10.4. The van der Waals surface area contributed by atoms with Crippen LogP contribution in [-0.2, 0) is 0 Å². The molecule has 0 amide bonds. The third-order valence-electron chi connectivity index (χ3n) is 1.45. The molecular weight excluding hydrogens is 235 g/mol. The molecule has 0 bridgehead atoms. The topological polar surface area (TPSA) is 17.1 Å². The molecule has 1 rings (SSSR count). The van der Waals surface area contributed by atoms with E-state index >= 15 is 0 Å². The molecule has 0 heterocycles. The standard InChI is InChI=1S/C10H6BrFO/c11-6-2-5-8-3-1-4-9(7-13)10(8)12/h1,3-4,7H,6H2. The van der Waals surface area contributed by atoms with Crippen molar-refractivity contribution in [1.82, 2.24) is 0 Å². The highest BCUT2D eigenvalue weighted by atomic mass is 79.9. The van der Waals surface area contributed by atoms with E-state index in [0.29, 0.717) is 11.6 Å². The summed E-state index contributed by atoms with van der Waals surface area (Å²) in [7, 11) is 0. The summed E-state index contributed by atoms with van der Waals surface area (Å²) in [6, 6.07) is 4.56. The van der Waals surface area contributed by atoms with Crippen LogP contribution in [0.4, 0.5) is 4.39 Å². The van der Waals surface area contributed by atoms with E-state index < -0.39 is 5.82 Å². The van der Waals surface area contributed by atoms with Crippen LogP contribution in [0, 0.1) is 17.7 Å². The Morgan fingerprint density at radius 1 is 1.54 bits per heavy atom. The van der Waals surface area contributed by atoms with Gasteiger partial charge in [0.15, 0.2) is 6.29 Å². The maximum Gasteiger partial charge on any atom is 0.153 e. The molecule has 0 aliphatic rings. The number of alkyl halides is 1. The van der Waals surface area contributed by atoms with Gasteiger partial charge in [0, 0.05) is 0 Å². The Labute approximate surface area is 84.1 Å². The van der Waals surface area contributed by atoms with Crippen molar-refractivity contribution in [2.24, 2.45) is 0 Å². The van der Waals surface area contributed by atoms with E-state index in [1.165, 1.54) is 12.1 Å². The van der Waals surface area contributed by atoms with Crippen molar-refractivity contribution in [3.8, 4) is 11.8 Å². The molecule has 1 aromatic rings. The first kappa shape index (κ1) is 9.94.